The highest BCUT2D eigenvalue weighted by atomic mass is 16.1. The Labute approximate surface area is 110 Å². The summed E-state index contributed by atoms with van der Waals surface area (Å²) in [6, 6.07) is 0.505. The number of rotatable bonds is 9. The van der Waals surface area contributed by atoms with Crippen LogP contribution < -0.4 is 10.6 Å². The van der Waals surface area contributed by atoms with Gasteiger partial charge in [-0.1, -0.05) is 0 Å². The Hall–Kier alpha value is -0.610. The fourth-order valence-corrected chi connectivity index (χ4v) is 2.46. The van der Waals surface area contributed by atoms with Crippen LogP contribution in [0, 0.1) is 0 Å². The zero-order valence-corrected chi connectivity index (χ0v) is 11.4. The number of hydrogen-bond donors (Lipinski definition) is 2. The number of carbonyl (C=O) groups excluding carboxylic acids is 1. The van der Waals surface area contributed by atoms with Gasteiger partial charge in [0.05, 0.1) is 0 Å². The van der Waals surface area contributed by atoms with E-state index in [1.165, 1.54) is 51.7 Å². The normalized spacial score (nSPS) is 20.2. The third-order valence-corrected chi connectivity index (χ3v) is 3.73. The van der Waals surface area contributed by atoms with Gasteiger partial charge in [-0.2, -0.15) is 0 Å². The van der Waals surface area contributed by atoms with Crippen LogP contribution in [0.5, 0.6) is 0 Å². The maximum Gasteiger partial charge on any atom is 0.220 e. The van der Waals surface area contributed by atoms with E-state index < -0.39 is 0 Å². The van der Waals surface area contributed by atoms with Gasteiger partial charge < -0.3 is 15.5 Å². The molecule has 2 aliphatic rings. The van der Waals surface area contributed by atoms with E-state index in [4.69, 9.17) is 0 Å². The van der Waals surface area contributed by atoms with Crippen molar-refractivity contribution in [2.24, 2.45) is 0 Å². The molecule has 0 spiro atoms. The van der Waals surface area contributed by atoms with Gasteiger partial charge in [-0.3, -0.25) is 4.79 Å². The van der Waals surface area contributed by atoms with Crippen molar-refractivity contribution in [3.05, 3.63) is 0 Å². The lowest BCUT2D eigenvalue weighted by atomic mass is 10.3. The van der Waals surface area contributed by atoms with Gasteiger partial charge >= 0.3 is 0 Å². The van der Waals surface area contributed by atoms with Crippen LogP contribution in [0.2, 0.25) is 0 Å². The molecule has 1 saturated heterocycles. The zero-order chi connectivity index (χ0) is 12.6. The number of nitrogens with zero attached hydrogens (tertiary/aromatic N) is 1. The molecule has 1 aliphatic carbocycles. The van der Waals surface area contributed by atoms with Gasteiger partial charge in [-0.15, -0.1) is 0 Å². The molecule has 1 saturated carbocycles. The molecule has 0 atom stereocenters. The van der Waals surface area contributed by atoms with Crippen LogP contribution in [-0.2, 0) is 4.79 Å². The van der Waals surface area contributed by atoms with Crippen molar-refractivity contribution < 1.29 is 4.79 Å². The molecule has 1 aliphatic heterocycles. The largest absolute Gasteiger partial charge is 0.353 e. The lowest BCUT2D eigenvalue weighted by Gasteiger charge is -2.14. The first kappa shape index (κ1) is 13.8. The maximum absolute atomic E-state index is 11.4. The molecule has 1 amide bonds. The second kappa shape index (κ2) is 7.74. The SMILES string of the molecule is O=C(CCCNCCCN1CCCC1)NC1CC1. The molecule has 18 heavy (non-hydrogen) atoms. The Balaban J connectivity index is 1.33. The van der Waals surface area contributed by atoms with Crippen LogP contribution in [0.3, 0.4) is 0 Å². The monoisotopic (exact) mass is 253 g/mol. The van der Waals surface area contributed by atoms with Gasteiger partial charge in [-0.05, 0) is 71.2 Å². The van der Waals surface area contributed by atoms with Crippen molar-refractivity contribution in [3.63, 3.8) is 0 Å². The zero-order valence-electron chi connectivity index (χ0n) is 11.4. The predicted molar refractivity (Wildman–Crippen MR) is 73.6 cm³/mol. The molecule has 1 heterocycles. The van der Waals surface area contributed by atoms with Crippen molar-refractivity contribution in [2.45, 2.75) is 51.0 Å². The summed E-state index contributed by atoms with van der Waals surface area (Å²) >= 11 is 0. The Kier molecular flexibility index (Phi) is 5.94. The first-order valence-electron chi connectivity index (χ1n) is 7.57. The molecule has 0 unspecified atom stereocenters. The van der Waals surface area contributed by atoms with Crippen molar-refractivity contribution in [1.82, 2.24) is 15.5 Å². The fourth-order valence-electron chi connectivity index (χ4n) is 2.46. The summed E-state index contributed by atoms with van der Waals surface area (Å²) in [4.78, 5) is 14.0. The summed E-state index contributed by atoms with van der Waals surface area (Å²) in [6.07, 6.45) is 7.99. The number of amides is 1. The minimum atomic E-state index is 0.233. The first-order chi connectivity index (χ1) is 8.84. The van der Waals surface area contributed by atoms with Crippen molar-refractivity contribution in [3.8, 4) is 0 Å². The van der Waals surface area contributed by atoms with E-state index in [1.807, 2.05) is 0 Å². The summed E-state index contributed by atoms with van der Waals surface area (Å²) in [5, 5.41) is 6.45. The van der Waals surface area contributed by atoms with Crippen LogP contribution in [-0.4, -0.2) is 49.6 Å². The molecule has 2 N–H and O–H groups in total. The Morgan fingerprint density at radius 1 is 1.11 bits per heavy atom. The van der Waals surface area contributed by atoms with Crippen LogP contribution in [0.4, 0.5) is 0 Å². The number of hydrogen-bond acceptors (Lipinski definition) is 3. The van der Waals surface area contributed by atoms with Gasteiger partial charge in [0, 0.05) is 12.5 Å². The van der Waals surface area contributed by atoms with E-state index in [2.05, 4.69) is 15.5 Å². The molecular formula is C14H27N3O. The lowest BCUT2D eigenvalue weighted by Crippen LogP contribution is -2.27. The molecule has 0 radical (unpaired) electrons. The van der Waals surface area contributed by atoms with E-state index in [-0.39, 0.29) is 5.91 Å². The average Bonchev–Trinajstić information content (AvgIpc) is 3.01. The minimum absolute atomic E-state index is 0.233. The summed E-state index contributed by atoms with van der Waals surface area (Å²) in [5.41, 5.74) is 0. The van der Waals surface area contributed by atoms with Crippen molar-refractivity contribution in [2.75, 3.05) is 32.7 Å². The van der Waals surface area contributed by atoms with Gasteiger partial charge in [0.15, 0.2) is 0 Å². The summed E-state index contributed by atoms with van der Waals surface area (Å²) in [7, 11) is 0. The average molecular weight is 253 g/mol. The van der Waals surface area contributed by atoms with Gasteiger partial charge in [-0.25, -0.2) is 0 Å². The lowest BCUT2D eigenvalue weighted by molar-refractivity contribution is -0.121. The van der Waals surface area contributed by atoms with E-state index >= 15 is 0 Å². The van der Waals surface area contributed by atoms with E-state index in [0.29, 0.717) is 12.5 Å². The minimum Gasteiger partial charge on any atom is -0.353 e. The molecule has 0 aromatic heterocycles. The van der Waals surface area contributed by atoms with E-state index in [0.717, 1.165) is 19.5 Å². The molecule has 0 aromatic rings. The van der Waals surface area contributed by atoms with Crippen LogP contribution in [0.25, 0.3) is 0 Å². The summed E-state index contributed by atoms with van der Waals surface area (Å²) in [5.74, 6) is 0.233. The van der Waals surface area contributed by atoms with Crippen molar-refractivity contribution in [1.29, 1.82) is 0 Å². The second-order valence-electron chi connectivity index (χ2n) is 5.60. The number of nitrogens with one attached hydrogen (secondary N) is 2. The van der Waals surface area contributed by atoms with E-state index in [1.54, 1.807) is 0 Å². The molecule has 0 bridgehead atoms. The molecule has 4 nitrogen and oxygen atoms in total. The third kappa shape index (κ3) is 5.83. The highest BCUT2D eigenvalue weighted by Crippen LogP contribution is 2.18. The highest BCUT2D eigenvalue weighted by molar-refractivity contribution is 5.76. The smallest absolute Gasteiger partial charge is 0.220 e. The Morgan fingerprint density at radius 3 is 2.56 bits per heavy atom. The van der Waals surface area contributed by atoms with Crippen molar-refractivity contribution >= 4 is 5.91 Å². The number of carbonyl (C=O) groups is 1. The van der Waals surface area contributed by atoms with Crippen LogP contribution >= 0.6 is 0 Å². The van der Waals surface area contributed by atoms with Gasteiger partial charge in [0.2, 0.25) is 5.91 Å². The molecule has 0 aromatic carbocycles. The third-order valence-electron chi connectivity index (χ3n) is 3.73. The molecule has 2 rings (SSSR count). The maximum atomic E-state index is 11.4. The van der Waals surface area contributed by atoms with E-state index in [9.17, 15) is 4.79 Å². The first-order valence-corrected chi connectivity index (χ1v) is 7.57. The van der Waals surface area contributed by atoms with Crippen LogP contribution in [0.15, 0.2) is 0 Å². The summed E-state index contributed by atoms with van der Waals surface area (Å²) in [6.45, 7) is 5.87. The summed E-state index contributed by atoms with van der Waals surface area (Å²) < 4.78 is 0. The highest BCUT2D eigenvalue weighted by Gasteiger charge is 2.22. The fraction of sp³-hybridized carbons (Fsp3) is 0.929. The molecule has 104 valence electrons. The predicted octanol–water partition coefficient (Wildman–Crippen LogP) is 1.12. The van der Waals surface area contributed by atoms with Gasteiger partial charge in [0.25, 0.3) is 0 Å². The number of likely N-dealkylation sites (tertiary alicyclic amines) is 1. The Morgan fingerprint density at radius 2 is 1.83 bits per heavy atom. The quantitative estimate of drug-likeness (QED) is 0.605. The van der Waals surface area contributed by atoms with Gasteiger partial charge in [0.1, 0.15) is 0 Å². The van der Waals surface area contributed by atoms with Crippen LogP contribution in [0.1, 0.15) is 44.9 Å². The molecule has 2 fully saturated rings. The Bertz CT molecular complexity index is 247. The second-order valence-corrected chi connectivity index (χ2v) is 5.60. The standard InChI is InChI=1S/C14H27N3O/c18-14(16-13-6-7-13)5-3-8-15-9-4-12-17-10-1-2-11-17/h13,15H,1-12H2,(H,16,18). The molecular weight excluding hydrogens is 226 g/mol. The molecule has 4 heteroatoms. The topological polar surface area (TPSA) is 44.4 Å².